The Balaban J connectivity index is 2.09. The molecule has 2 rings (SSSR count). The highest BCUT2D eigenvalue weighted by Gasteiger charge is 2.19. The van der Waals surface area contributed by atoms with Crippen molar-refractivity contribution in [1.29, 1.82) is 5.26 Å². The number of amides is 2. The predicted molar refractivity (Wildman–Crippen MR) is 79.2 cm³/mol. The first kappa shape index (κ1) is 18.0. The number of ether oxygens (including phenoxy) is 1. The average molecular weight is 369 g/mol. The number of nitriles is 1. The van der Waals surface area contributed by atoms with E-state index in [0.717, 1.165) is 30.6 Å². The van der Waals surface area contributed by atoms with Crippen molar-refractivity contribution in [3.63, 3.8) is 0 Å². The van der Waals surface area contributed by atoms with Gasteiger partial charge in [0, 0.05) is 6.07 Å². The molecule has 1 aromatic heterocycles. The van der Waals surface area contributed by atoms with Crippen LogP contribution in [-0.4, -0.2) is 31.0 Å². The Morgan fingerprint density at radius 1 is 1.28 bits per heavy atom. The molecule has 0 saturated heterocycles. The van der Waals surface area contributed by atoms with Crippen LogP contribution in [-0.2, 0) is 10.0 Å². The standard InChI is InChI=1S/C13H9F2N5O4S/c14-12(15)24-9-2-1-3-10(4-9)25(22,23)20-13(21)19-11-7-17-8(5-16)6-18-11/h1-4,6-7,12H,(H2,18,19,20,21). The quantitative estimate of drug-likeness (QED) is 0.815. The summed E-state index contributed by atoms with van der Waals surface area (Å²) in [5.41, 5.74) is 0.00873. The zero-order valence-electron chi connectivity index (χ0n) is 12.2. The van der Waals surface area contributed by atoms with Gasteiger partial charge in [0.1, 0.15) is 11.8 Å². The predicted octanol–water partition coefficient (Wildman–Crippen LogP) is 1.46. The molecule has 25 heavy (non-hydrogen) atoms. The Morgan fingerprint density at radius 2 is 2.04 bits per heavy atom. The van der Waals surface area contributed by atoms with Crippen LogP contribution in [0.5, 0.6) is 5.75 Å². The molecule has 2 aromatic rings. The molecule has 2 N–H and O–H groups in total. The summed E-state index contributed by atoms with van der Waals surface area (Å²) in [6.07, 6.45) is 2.14. The van der Waals surface area contributed by atoms with Crippen LogP contribution in [0.25, 0.3) is 0 Å². The molecule has 9 nitrogen and oxygen atoms in total. The summed E-state index contributed by atoms with van der Waals surface area (Å²) in [5, 5.41) is 10.7. The molecule has 0 atom stereocenters. The number of carbonyl (C=O) groups excluding carboxylic acids is 1. The number of carbonyl (C=O) groups is 1. The number of halogens is 2. The molecule has 1 aromatic carbocycles. The summed E-state index contributed by atoms with van der Waals surface area (Å²) in [6, 6.07) is 4.81. The van der Waals surface area contributed by atoms with E-state index in [0.29, 0.717) is 0 Å². The van der Waals surface area contributed by atoms with E-state index in [4.69, 9.17) is 5.26 Å². The Bertz CT molecular complexity index is 913. The molecular weight excluding hydrogens is 360 g/mol. The van der Waals surface area contributed by atoms with E-state index in [1.54, 1.807) is 10.8 Å². The van der Waals surface area contributed by atoms with Crippen LogP contribution in [0.4, 0.5) is 19.4 Å². The maximum absolute atomic E-state index is 12.2. The molecule has 0 saturated carbocycles. The van der Waals surface area contributed by atoms with Gasteiger partial charge in [0.2, 0.25) is 0 Å². The molecule has 12 heteroatoms. The van der Waals surface area contributed by atoms with Crippen LogP contribution in [0.3, 0.4) is 0 Å². The number of benzene rings is 1. The molecule has 0 unspecified atom stereocenters. The second-order valence-electron chi connectivity index (χ2n) is 4.31. The van der Waals surface area contributed by atoms with Gasteiger partial charge in [0.05, 0.1) is 17.3 Å². The molecule has 0 aliphatic rings. The number of nitrogens with zero attached hydrogens (tertiary/aromatic N) is 3. The highest BCUT2D eigenvalue weighted by atomic mass is 32.2. The maximum atomic E-state index is 12.2. The number of urea groups is 1. The average Bonchev–Trinajstić information content (AvgIpc) is 2.54. The van der Waals surface area contributed by atoms with Gasteiger partial charge in [-0.15, -0.1) is 0 Å². The third kappa shape index (κ3) is 5.08. The van der Waals surface area contributed by atoms with Crippen molar-refractivity contribution >= 4 is 21.9 Å². The van der Waals surface area contributed by atoms with Gasteiger partial charge in [0.25, 0.3) is 10.0 Å². The highest BCUT2D eigenvalue weighted by Crippen LogP contribution is 2.19. The van der Waals surface area contributed by atoms with E-state index >= 15 is 0 Å². The zero-order chi connectivity index (χ0) is 18.4. The lowest BCUT2D eigenvalue weighted by Gasteiger charge is -2.09. The lowest BCUT2D eigenvalue weighted by molar-refractivity contribution is -0.0500. The molecular formula is C13H9F2N5O4S. The minimum absolute atomic E-state index is 0.00873. The Hall–Kier alpha value is -3.33. The molecule has 130 valence electrons. The van der Waals surface area contributed by atoms with Crippen LogP contribution in [0.15, 0.2) is 41.6 Å². The van der Waals surface area contributed by atoms with Gasteiger partial charge in [-0.2, -0.15) is 14.0 Å². The number of alkyl halides is 2. The van der Waals surface area contributed by atoms with E-state index in [-0.39, 0.29) is 17.3 Å². The van der Waals surface area contributed by atoms with Gasteiger partial charge in [0.15, 0.2) is 11.5 Å². The summed E-state index contributed by atoms with van der Waals surface area (Å²) in [5.74, 6) is -0.474. The van der Waals surface area contributed by atoms with Gasteiger partial charge >= 0.3 is 12.6 Å². The summed E-state index contributed by atoms with van der Waals surface area (Å²) in [7, 11) is -4.34. The zero-order valence-corrected chi connectivity index (χ0v) is 13.0. The molecule has 2 amide bonds. The number of rotatable bonds is 5. The third-order valence-electron chi connectivity index (χ3n) is 2.58. The molecule has 0 fully saturated rings. The molecule has 0 radical (unpaired) electrons. The summed E-state index contributed by atoms with van der Waals surface area (Å²) in [6.45, 7) is -3.12. The Labute approximate surface area is 140 Å². The molecule has 1 heterocycles. The van der Waals surface area contributed by atoms with Crippen molar-refractivity contribution in [2.75, 3.05) is 5.32 Å². The summed E-state index contributed by atoms with van der Waals surface area (Å²) >= 11 is 0. The minimum atomic E-state index is -4.34. The lowest BCUT2D eigenvalue weighted by atomic mass is 10.3. The Morgan fingerprint density at radius 3 is 2.64 bits per heavy atom. The second kappa shape index (κ2) is 7.49. The smallest absolute Gasteiger partial charge is 0.387 e. The molecule has 0 spiro atoms. The number of anilines is 1. The second-order valence-corrected chi connectivity index (χ2v) is 5.99. The van der Waals surface area contributed by atoms with Crippen LogP contribution in [0.2, 0.25) is 0 Å². The lowest BCUT2D eigenvalue weighted by Crippen LogP contribution is -2.34. The van der Waals surface area contributed by atoms with Crippen molar-refractivity contribution in [2.24, 2.45) is 0 Å². The highest BCUT2D eigenvalue weighted by molar-refractivity contribution is 7.90. The van der Waals surface area contributed by atoms with Crippen molar-refractivity contribution in [2.45, 2.75) is 11.5 Å². The molecule has 0 aliphatic carbocycles. The van der Waals surface area contributed by atoms with Crippen molar-refractivity contribution in [3.8, 4) is 11.8 Å². The van der Waals surface area contributed by atoms with Crippen LogP contribution >= 0.6 is 0 Å². The van der Waals surface area contributed by atoms with Gasteiger partial charge in [-0.25, -0.2) is 27.9 Å². The van der Waals surface area contributed by atoms with Crippen molar-refractivity contribution < 1.29 is 26.7 Å². The molecule has 0 aliphatic heterocycles. The Kier molecular flexibility index (Phi) is 5.40. The number of hydrogen-bond acceptors (Lipinski definition) is 7. The van der Waals surface area contributed by atoms with Gasteiger partial charge in [-0.1, -0.05) is 6.07 Å². The number of hydrogen-bond donors (Lipinski definition) is 2. The number of sulfonamides is 1. The summed E-state index contributed by atoms with van der Waals surface area (Å²) < 4.78 is 54.3. The molecule has 0 bridgehead atoms. The van der Waals surface area contributed by atoms with E-state index in [2.05, 4.69) is 20.0 Å². The normalized spacial score (nSPS) is 10.8. The van der Waals surface area contributed by atoms with Crippen molar-refractivity contribution in [3.05, 3.63) is 42.4 Å². The van der Waals surface area contributed by atoms with Crippen LogP contribution < -0.4 is 14.8 Å². The van der Waals surface area contributed by atoms with E-state index in [1.165, 1.54) is 6.07 Å². The van der Waals surface area contributed by atoms with Gasteiger partial charge in [-0.05, 0) is 12.1 Å². The topological polar surface area (TPSA) is 134 Å². The number of aromatic nitrogens is 2. The van der Waals surface area contributed by atoms with Gasteiger partial charge < -0.3 is 4.74 Å². The summed E-state index contributed by atoms with van der Waals surface area (Å²) in [4.78, 5) is 18.6. The first-order valence-electron chi connectivity index (χ1n) is 6.41. The van der Waals surface area contributed by atoms with Crippen LogP contribution in [0, 0.1) is 11.3 Å². The van der Waals surface area contributed by atoms with E-state index in [1.807, 2.05) is 0 Å². The fraction of sp³-hybridized carbons (Fsp3) is 0.0769. The first-order chi connectivity index (χ1) is 11.8. The van der Waals surface area contributed by atoms with Crippen LogP contribution in [0.1, 0.15) is 5.69 Å². The maximum Gasteiger partial charge on any atom is 0.387 e. The first-order valence-corrected chi connectivity index (χ1v) is 7.89. The van der Waals surface area contributed by atoms with Gasteiger partial charge in [-0.3, -0.25) is 5.32 Å². The fourth-order valence-electron chi connectivity index (χ4n) is 1.59. The minimum Gasteiger partial charge on any atom is -0.435 e. The number of nitrogens with one attached hydrogen (secondary N) is 2. The monoisotopic (exact) mass is 369 g/mol. The fourth-order valence-corrected chi connectivity index (χ4v) is 2.53. The SMILES string of the molecule is N#Cc1cnc(NC(=O)NS(=O)(=O)c2cccc(OC(F)F)c2)cn1. The van der Waals surface area contributed by atoms with E-state index in [9.17, 15) is 22.0 Å². The van der Waals surface area contributed by atoms with E-state index < -0.39 is 27.6 Å². The largest absolute Gasteiger partial charge is 0.435 e. The third-order valence-corrected chi connectivity index (χ3v) is 3.90. The van der Waals surface area contributed by atoms with Crippen molar-refractivity contribution in [1.82, 2.24) is 14.7 Å².